The molecule has 136 valence electrons. The fourth-order valence-electron chi connectivity index (χ4n) is 2.30. The minimum absolute atomic E-state index is 0.0464. The summed E-state index contributed by atoms with van der Waals surface area (Å²) in [7, 11) is 1.50. The molecule has 0 saturated heterocycles. The minimum Gasteiger partial charge on any atom is -0.480 e. The maximum Gasteiger partial charge on any atom is 0.296 e. The van der Waals surface area contributed by atoms with Crippen LogP contribution < -0.4 is 15.0 Å². The highest BCUT2D eigenvalue weighted by molar-refractivity contribution is 6.30. The van der Waals surface area contributed by atoms with Crippen molar-refractivity contribution in [2.45, 2.75) is 13.5 Å². The second-order valence-electron chi connectivity index (χ2n) is 5.55. The molecule has 0 fully saturated rings. The van der Waals surface area contributed by atoms with Crippen LogP contribution in [0.15, 0.2) is 41.5 Å². The van der Waals surface area contributed by atoms with E-state index >= 15 is 0 Å². The number of methoxy groups -OCH3 is 1. The summed E-state index contributed by atoms with van der Waals surface area (Å²) in [6.07, 6.45) is 1.41. The lowest BCUT2D eigenvalue weighted by Gasteiger charge is -2.11. The number of benzene rings is 1. The standard InChI is InChI=1S/C18H14ClN5O3/c1-11-17(27-15-6-12(8-20)5-13(19)7-15)18(25)24(10-21-11)9-14-3-4-16(26-2)23-22-14/h3-7,10H,9H2,1-2H3. The van der Waals surface area contributed by atoms with E-state index in [9.17, 15) is 4.79 Å². The van der Waals surface area contributed by atoms with Gasteiger partial charge in [0, 0.05) is 11.1 Å². The molecule has 0 aliphatic carbocycles. The molecule has 1 aromatic carbocycles. The average Bonchev–Trinajstić information content (AvgIpc) is 2.67. The predicted molar refractivity (Wildman–Crippen MR) is 97.2 cm³/mol. The Morgan fingerprint density at radius 3 is 2.74 bits per heavy atom. The molecule has 0 saturated carbocycles. The van der Waals surface area contributed by atoms with E-state index in [0.717, 1.165) is 0 Å². The fourth-order valence-corrected chi connectivity index (χ4v) is 2.53. The third-order valence-electron chi connectivity index (χ3n) is 3.63. The van der Waals surface area contributed by atoms with Crippen molar-refractivity contribution < 1.29 is 9.47 Å². The van der Waals surface area contributed by atoms with Gasteiger partial charge in [-0.2, -0.15) is 5.26 Å². The van der Waals surface area contributed by atoms with Gasteiger partial charge in [-0.25, -0.2) is 4.98 Å². The van der Waals surface area contributed by atoms with E-state index in [0.29, 0.717) is 27.9 Å². The molecular weight excluding hydrogens is 370 g/mol. The second kappa shape index (κ2) is 7.85. The lowest BCUT2D eigenvalue weighted by atomic mass is 10.2. The second-order valence-corrected chi connectivity index (χ2v) is 5.99. The van der Waals surface area contributed by atoms with Crippen LogP contribution in [0.2, 0.25) is 5.02 Å². The van der Waals surface area contributed by atoms with Gasteiger partial charge < -0.3 is 9.47 Å². The molecule has 0 bridgehead atoms. The Morgan fingerprint density at radius 1 is 1.26 bits per heavy atom. The molecule has 2 heterocycles. The Hall–Kier alpha value is -3.44. The molecule has 3 aromatic rings. The van der Waals surface area contributed by atoms with Crippen LogP contribution in [0.1, 0.15) is 17.0 Å². The zero-order valence-corrected chi connectivity index (χ0v) is 15.3. The summed E-state index contributed by atoms with van der Waals surface area (Å²) in [5, 5.41) is 17.3. The third-order valence-corrected chi connectivity index (χ3v) is 3.85. The summed E-state index contributed by atoms with van der Waals surface area (Å²) in [6.45, 7) is 1.82. The molecule has 0 atom stereocenters. The summed E-state index contributed by atoms with van der Waals surface area (Å²) in [5.41, 5.74) is 0.908. The maximum absolute atomic E-state index is 12.8. The van der Waals surface area contributed by atoms with Crippen LogP contribution in [0.3, 0.4) is 0 Å². The van der Waals surface area contributed by atoms with E-state index in [1.807, 2.05) is 6.07 Å². The first kappa shape index (κ1) is 18.4. The summed E-state index contributed by atoms with van der Waals surface area (Å²) in [6, 6.07) is 9.87. The molecule has 27 heavy (non-hydrogen) atoms. The van der Waals surface area contributed by atoms with E-state index in [4.69, 9.17) is 26.3 Å². The van der Waals surface area contributed by atoms with Crippen LogP contribution in [-0.4, -0.2) is 26.9 Å². The quantitative estimate of drug-likeness (QED) is 0.667. The molecule has 0 unspecified atom stereocenters. The summed E-state index contributed by atoms with van der Waals surface area (Å²) >= 11 is 5.98. The fraction of sp³-hybridized carbons (Fsp3) is 0.167. The molecular formula is C18H14ClN5O3. The van der Waals surface area contributed by atoms with Gasteiger partial charge in [-0.05, 0) is 31.2 Å². The summed E-state index contributed by atoms with van der Waals surface area (Å²) in [4.78, 5) is 17.0. The van der Waals surface area contributed by atoms with Gasteiger partial charge in [-0.1, -0.05) is 11.6 Å². The molecule has 8 nitrogen and oxygen atoms in total. The van der Waals surface area contributed by atoms with Crippen molar-refractivity contribution in [2.24, 2.45) is 0 Å². The van der Waals surface area contributed by atoms with E-state index < -0.39 is 5.56 Å². The maximum atomic E-state index is 12.8. The van der Waals surface area contributed by atoms with Crippen LogP contribution in [0.25, 0.3) is 0 Å². The number of nitriles is 1. The highest BCUT2D eigenvalue weighted by atomic mass is 35.5. The van der Waals surface area contributed by atoms with Gasteiger partial charge in [0.15, 0.2) is 0 Å². The molecule has 0 amide bonds. The monoisotopic (exact) mass is 383 g/mol. The topological polar surface area (TPSA) is 103 Å². The highest BCUT2D eigenvalue weighted by Gasteiger charge is 2.13. The van der Waals surface area contributed by atoms with Gasteiger partial charge in [0.05, 0.1) is 43.0 Å². The Balaban J connectivity index is 1.92. The number of aromatic nitrogens is 4. The molecule has 0 spiro atoms. The van der Waals surface area contributed by atoms with E-state index in [1.54, 1.807) is 19.1 Å². The van der Waals surface area contributed by atoms with Crippen molar-refractivity contribution in [1.82, 2.24) is 19.7 Å². The number of hydrogen-bond donors (Lipinski definition) is 0. The first-order valence-corrected chi connectivity index (χ1v) is 8.19. The Morgan fingerprint density at radius 2 is 2.07 bits per heavy atom. The lowest BCUT2D eigenvalue weighted by Crippen LogP contribution is -2.23. The molecule has 2 aromatic heterocycles. The minimum atomic E-state index is -0.390. The summed E-state index contributed by atoms with van der Waals surface area (Å²) in [5.74, 6) is 0.708. The number of rotatable bonds is 5. The van der Waals surface area contributed by atoms with Gasteiger partial charge in [-0.15, -0.1) is 10.2 Å². The van der Waals surface area contributed by atoms with Crippen LogP contribution >= 0.6 is 11.6 Å². The average molecular weight is 384 g/mol. The highest BCUT2D eigenvalue weighted by Crippen LogP contribution is 2.25. The lowest BCUT2D eigenvalue weighted by molar-refractivity contribution is 0.390. The smallest absolute Gasteiger partial charge is 0.296 e. The first-order valence-electron chi connectivity index (χ1n) is 7.81. The molecule has 0 radical (unpaired) electrons. The van der Waals surface area contributed by atoms with Gasteiger partial charge in [0.1, 0.15) is 5.75 Å². The number of halogens is 1. The van der Waals surface area contributed by atoms with Gasteiger partial charge in [0.25, 0.3) is 5.56 Å². The van der Waals surface area contributed by atoms with Crippen molar-refractivity contribution in [1.29, 1.82) is 5.26 Å². The Kier molecular flexibility index (Phi) is 5.33. The van der Waals surface area contributed by atoms with E-state index in [1.165, 1.54) is 36.2 Å². The van der Waals surface area contributed by atoms with E-state index in [-0.39, 0.29) is 18.0 Å². The van der Waals surface area contributed by atoms with Crippen molar-refractivity contribution in [3.8, 4) is 23.4 Å². The van der Waals surface area contributed by atoms with Crippen LogP contribution in [-0.2, 0) is 6.54 Å². The molecule has 9 heteroatoms. The zero-order chi connectivity index (χ0) is 19.4. The first-order chi connectivity index (χ1) is 13.0. The van der Waals surface area contributed by atoms with Crippen molar-refractivity contribution >= 4 is 11.6 Å². The van der Waals surface area contributed by atoms with Crippen LogP contribution in [0.5, 0.6) is 17.4 Å². The molecule has 0 N–H and O–H groups in total. The number of nitrogens with zero attached hydrogens (tertiary/aromatic N) is 5. The van der Waals surface area contributed by atoms with Gasteiger partial charge in [-0.3, -0.25) is 9.36 Å². The third kappa shape index (κ3) is 4.22. The van der Waals surface area contributed by atoms with Gasteiger partial charge in [0.2, 0.25) is 11.6 Å². The van der Waals surface area contributed by atoms with Crippen LogP contribution in [0, 0.1) is 18.3 Å². The van der Waals surface area contributed by atoms with Crippen LogP contribution in [0.4, 0.5) is 0 Å². The number of hydrogen-bond acceptors (Lipinski definition) is 7. The number of aryl methyl sites for hydroxylation is 1. The molecule has 0 aliphatic rings. The predicted octanol–water partition coefficient (Wildman–Crippen LogP) is 2.72. The SMILES string of the molecule is COc1ccc(Cn2cnc(C)c(Oc3cc(Cl)cc(C#N)c3)c2=O)nn1. The normalized spacial score (nSPS) is 10.3. The van der Waals surface area contributed by atoms with Crippen molar-refractivity contribution in [3.63, 3.8) is 0 Å². The summed E-state index contributed by atoms with van der Waals surface area (Å²) < 4.78 is 12.0. The molecule has 3 rings (SSSR count). The Labute approximate surface area is 159 Å². The molecule has 0 aliphatic heterocycles. The largest absolute Gasteiger partial charge is 0.480 e. The number of ether oxygens (including phenoxy) is 2. The van der Waals surface area contributed by atoms with Crippen molar-refractivity contribution in [2.75, 3.05) is 7.11 Å². The van der Waals surface area contributed by atoms with Crippen molar-refractivity contribution in [3.05, 3.63) is 69.0 Å². The Bertz CT molecular complexity index is 1070. The van der Waals surface area contributed by atoms with E-state index in [2.05, 4.69) is 15.2 Å². The van der Waals surface area contributed by atoms with Gasteiger partial charge >= 0.3 is 0 Å². The zero-order valence-electron chi connectivity index (χ0n) is 14.5.